The molecule has 0 unspecified atom stereocenters. The highest BCUT2D eigenvalue weighted by Gasteiger charge is 2.22. The van der Waals surface area contributed by atoms with Gasteiger partial charge >= 0.3 is 0 Å². The van der Waals surface area contributed by atoms with Crippen LogP contribution in [0.3, 0.4) is 0 Å². The number of hydrogen-bond acceptors (Lipinski definition) is 3. The Morgan fingerprint density at radius 2 is 1.75 bits per heavy atom. The van der Waals surface area contributed by atoms with Gasteiger partial charge in [0, 0.05) is 12.0 Å². The van der Waals surface area contributed by atoms with Gasteiger partial charge in [-0.2, -0.15) is 0 Å². The Hall–Kier alpha value is -0.900. The van der Waals surface area contributed by atoms with Crippen LogP contribution in [0, 0.1) is 5.41 Å². The van der Waals surface area contributed by atoms with E-state index >= 15 is 0 Å². The van der Waals surface area contributed by atoms with E-state index < -0.39 is 0 Å². The third kappa shape index (κ3) is 6.56. The Balaban J connectivity index is 3.95. The quantitative estimate of drug-likeness (QED) is 0.739. The van der Waals surface area contributed by atoms with Crippen molar-refractivity contribution in [1.82, 2.24) is 10.2 Å². The van der Waals surface area contributed by atoms with E-state index in [1.807, 2.05) is 27.7 Å². The maximum Gasteiger partial charge on any atom is 0.234 e. The van der Waals surface area contributed by atoms with Crippen LogP contribution >= 0.6 is 0 Å². The van der Waals surface area contributed by atoms with Gasteiger partial charge in [0.1, 0.15) is 0 Å². The number of ketones is 1. The lowest BCUT2D eigenvalue weighted by Gasteiger charge is -2.21. The molecule has 0 aliphatic rings. The molecular weight excluding hydrogens is 204 g/mol. The average Bonchev–Trinajstić information content (AvgIpc) is 2.12. The summed E-state index contributed by atoms with van der Waals surface area (Å²) in [5.74, 6) is 0.129. The predicted octanol–water partition coefficient (Wildman–Crippen LogP) is 1.06. The van der Waals surface area contributed by atoms with Gasteiger partial charge in [-0.05, 0) is 13.5 Å². The third-order valence-electron chi connectivity index (χ3n) is 2.24. The van der Waals surface area contributed by atoms with E-state index in [4.69, 9.17) is 0 Å². The predicted molar refractivity (Wildman–Crippen MR) is 65.3 cm³/mol. The van der Waals surface area contributed by atoms with Crippen LogP contribution < -0.4 is 5.32 Å². The molecule has 0 aliphatic heterocycles. The van der Waals surface area contributed by atoms with Gasteiger partial charge < -0.3 is 5.32 Å². The first-order valence-corrected chi connectivity index (χ1v) is 5.76. The summed E-state index contributed by atoms with van der Waals surface area (Å²) in [6, 6.07) is 0. The van der Waals surface area contributed by atoms with E-state index in [0.29, 0.717) is 13.1 Å². The highest BCUT2D eigenvalue weighted by Crippen LogP contribution is 2.14. The number of nitrogens with zero attached hydrogens (tertiary/aromatic N) is 1. The van der Waals surface area contributed by atoms with Crippen LogP contribution in [0.4, 0.5) is 0 Å². The monoisotopic (exact) mass is 228 g/mol. The Kier molecular flexibility index (Phi) is 6.26. The summed E-state index contributed by atoms with van der Waals surface area (Å²) in [5, 5.41) is 2.78. The number of Topliss-reactive ketones (excluding diaryl/α,β-unsaturated/α-hetero) is 1. The minimum Gasteiger partial charge on any atom is -0.355 e. The molecule has 0 fully saturated rings. The lowest BCUT2D eigenvalue weighted by Crippen LogP contribution is -2.40. The van der Waals surface area contributed by atoms with Gasteiger partial charge in [-0.3, -0.25) is 14.5 Å². The van der Waals surface area contributed by atoms with Crippen molar-refractivity contribution in [3.05, 3.63) is 0 Å². The van der Waals surface area contributed by atoms with Crippen LogP contribution in [0.1, 0.15) is 34.1 Å². The lowest BCUT2D eigenvalue weighted by atomic mass is 9.90. The van der Waals surface area contributed by atoms with Crippen LogP contribution in [0.25, 0.3) is 0 Å². The van der Waals surface area contributed by atoms with Gasteiger partial charge in [0.15, 0.2) is 5.78 Å². The van der Waals surface area contributed by atoms with Gasteiger partial charge in [-0.25, -0.2) is 0 Å². The first-order valence-electron chi connectivity index (χ1n) is 5.76. The second-order valence-electron chi connectivity index (χ2n) is 5.20. The molecule has 0 saturated heterocycles. The van der Waals surface area contributed by atoms with Crippen LogP contribution in [-0.4, -0.2) is 43.3 Å². The van der Waals surface area contributed by atoms with Crippen molar-refractivity contribution < 1.29 is 9.59 Å². The summed E-state index contributed by atoms with van der Waals surface area (Å²) in [7, 11) is 1.79. The maximum absolute atomic E-state index is 11.7. The number of hydrogen-bond donors (Lipinski definition) is 1. The fourth-order valence-electron chi connectivity index (χ4n) is 1.10. The fraction of sp³-hybridized carbons (Fsp3) is 0.833. The molecule has 0 aromatic heterocycles. The Bertz CT molecular complexity index is 244. The van der Waals surface area contributed by atoms with Crippen LogP contribution in [0.2, 0.25) is 0 Å². The first kappa shape index (κ1) is 15.1. The summed E-state index contributed by atoms with van der Waals surface area (Å²) >= 11 is 0. The van der Waals surface area contributed by atoms with Gasteiger partial charge in [0.25, 0.3) is 0 Å². The number of carbonyl (C=O) groups excluding carboxylic acids is 2. The highest BCUT2D eigenvalue weighted by atomic mass is 16.2. The molecule has 0 bridgehead atoms. The van der Waals surface area contributed by atoms with Crippen molar-refractivity contribution >= 4 is 11.7 Å². The van der Waals surface area contributed by atoms with Crippen molar-refractivity contribution in [2.75, 3.05) is 26.7 Å². The zero-order valence-electron chi connectivity index (χ0n) is 11.1. The Morgan fingerprint density at radius 1 is 1.19 bits per heavy atom. The second-order valence-corrected chi connectivity index (χ2v) is 5.20. The van der Waals surface area contributed by atoms with E-state index in [0.717, 1.165) is 6.42 Å². The summed E-state index contributed by atoms with van der Waals surface area (Å²) in [5.41, 5.74) is -0.339. The first-order chi connectivity index (χ1) is 7.27. The molecule has 94 valence electrons. The standard InChI is InChI=1S/C12H24N2O2/c1-6-7-13-11(16)9-14(5)8-10(15)12(2,3)4/h6-9H2,1-5H3,(H,13,16). The largest absolute Gasteiger partial charge is 0.355 e. The molecule has 0 aromatic carbocycles. The van der Waals surface area contributed by atoms with Gasteiger partial charge in [-0.15, -0.1) is 0 Å². The zero-order chi connectivity index (χ0) is 12.8. The molecule has 0 atom stereocenters. The van der Waals surface area contributed by atoms with E-state index in [9.17, 15) is 9.59 Å². The molecule has 1 N–H and O–H groups in total. The number of carbonyl (C=O) groups is 2. The summed E-state index contributed by atoms with van der Waals surface area (Å²) < 4.78 is 0. The maximum atomic E-state index is 11.7. The van der Waals surface area contributed by atoms with Crippen molar-refractivity contribution in [3.8, 4) is 0 Å². The molecule has 0 heterocycles. The minimum atomic E-state index is -0.339. The molecule has 0 saturated carbocycles. The van der Waals surface area contributed by atoms with Gasteiger partial charge in [0.05, 0.1) is 13.1 Å². The minimum absolute atomic E-state index is 0.0222. The van der Waals surface area contributed by atoms with Gasteiger partial charge in [-0.1, -0.05) is 27.7 Å². The summed E-state index contributed by atoms with van der Waals surface area (Å²) in [6.45, 7) is 8.97. The van der Waals surface area contributed by atoms with E-state index in [-0.39, 0.29) is 23.7 Å². The Labute approximate surface area is 98.4 Å². The lowest BCUT2D eigenvalue weighted by molar-refractivity contribution is -0.128. The van der Waals surface area contributed by atoms with Crippen LogP contribution in [0.5, 0.6) is 0 Å². The number of amides is 1. The van der Waals surface area contributed by atoms with Crippen LogP contribution in [-0.2, 0) is 9.59 Å². The topological polar surface area (TPSA) is 49.4 Å². The number of likely N-dealkylation sites (N-methyl/N-ethyl adjacent to an activating group) is 1. The zero-order valence-corrected chi connectivity index (χ0v) is 11.1. The number of rotatable bonds is 6. The van der Waals surface area contributed by atoms with Gasteiger partial charge in [0.2, 0.25) is 5.91 Å². The second kappa shape index (κ2) is 6.63. The molecule has 1 amide bonds. The molecule has 0 spiro atoms. The van der Waals surface area contributed by atoms with Crippen molar-refractivity contribution in [2.45, 2.75) is 34.1 Å². The molecule has 16 heavy (non-hydrogen) atoms. The Morgan fingerprint density at radius 3 is 2.19 bits per heavy atom. The van der Waals surface area contributed by atoms with E-state index in [2.05, 4.69) is 5.32 Å². The normalized spacial score (nSPS) is 11.6. The molecule has 4 heteroatoms. The third-order valence-corrected chi connectivity index (χ3v) is 2.24. The van der Waals surface area contributed by atoms with Crippen LogP contribution in [0.15, 0.2) is 0 Å². The van der Waals surface area contributed by atoms with E-state index in [1.54, 1.807) is 11.9 Å². The van der Waals surface area contributed by atoms with Crippen molar-refractivity contribution in [3.63, 3.8) is 0 Å². The fourth-order valence-corrected chi connectivity index (χ4v) is 1.10. The smallest absolute Gasteiger partial charge is 0.234 e. The molecule has 0 aliphatic carbocycles. The summed E-state index contributed by atoms with van der Waals surface area (Å²) in [6.07, 6.45) is 0.927. The molecule has 4 nitrogen and oxygen atoms in total. The average molecular weight is 228 g/mol. The van der Waals surface area contributed by atoms with Crippen molar-refractivity contribution in [2.24, 2.45) is 5.41 Å². The molecular formula is C12H24N2O2. The number of nitrogens with one attached hydrogen (secondary N) is 1. The summed E-state index contributed by atoms with van der Waals surface area (Å²) in [4.78, 5) is 24.8. The molecule has 0 rings (SSSR count). The SMILES string of the molecule is CCCNC(=O)CN(C)CC(=O)C(C)(C)C. The van der Waals surface area contributed by atoms with E-state index in [1.165, 1.54) is 0 Å². The van der Waals surface area contributed by atoms with Crippen molar-refractivity contribution in [1.29, 1.82) is 0 Å². The highest BCUT2D eigenvalue weighted by molar-refractivity contribution is 5.86. The molecule has 0 radical (unpaired) electrons. The molecule has 0 aromatic rings.